The summed E-state index contributed by atoms with van der Waals surface area (Å²) in [7, 11) is 0. The monoisotopic (exact) mass is 294 g/mol. The van der Waals surface area contributed by atoms with Crippen LogP contribution in [0.4, 0.5) is 0 Å². The van der Waals surface area contributed by atoms with Gasteiger partial charge in [-0.3, -0.25) is 4.79 Å². The van der Waals surface area contributed by atoms with Crippen LogP contribution in [0.15, 0.2) is 24.3 Å². The number of piperidine rings is 1. The minimum absolute atomic E-state index is 0.0914. The van der Waals surface area contributed by atoms with Crippen LogP contribution in [0.2, 0.25) is 5.02 Å². The fourth-order valence-electron chi connectivity index (χ4n) is 2.97. The summed E-state index contributed by atoms with van der Waals surface area (Å²) in [6, 6.07) is 8.04. The number of benzene rings is 1. The number of hydrogen-bond acceptors (Lipinski definition) is 2. The van der Waals surface area contributed by atoms with Gasteiger partial charge in [-0.25, -0.2) is 0 Å². The zero-order valence-electron chi connectivity index (χ0n) is 12.0. The molecule has 0 radical (unpaired) electrons. The van der Waals surface area contributed by atoms with Gasteiger partial charge in [0.25, 0.3) is 0 Å². The molecule has 110 valence electrons. The molecule has 2 atom stereocenters. The van der Waals surface area contributed by atoms with Crippen molar-refractivity contribution >= 4 is 17.5 Å². The number of likely N-dealkylation sites (tertiary alicyclic amines) is 1. The second-order valence-corrected chi connectivity index (χ2v) is 6.18. The Hall–Kier alpha value is -1.06. The molecule has 0 saturated carbocycles. The lowest BCUT2D eigenvalue weighted by molar-refractivity contribution is -0.133. The quantitative estimate of drug-likeness (QED) is 0.928. The van der Waals surface area contributed by atoms with Gasteiger partial charge >= 0.3 is 0 Å². The number of carbonyl (C=O) groups excluding carboxylic acids is 1. The highest BCUT2D eigenvalue weighted by Crippen LogP contribution is 2.22. The number of nitrogens with zero attached hydrogens (tertiary/aromatic N) is 1. The van der Waals surface area contributed by atoms with Crippen molar-refractivity contribution in [1.29, 1.82) is 0 Å². The number of hydrogen-bond donors (Lipinski definition) is 1. The lowest BCUT2D eigenvalue weighted by Crippen LogP contribution is -2.49. The number of rotatable bonds is 4. The summed E-state index contributed by atoms with van der Waals surface area (Å²) < 4.78 is 0. The van der Waals surface area contributed by atoms with Crippen LogP contribution in [0.3, 0.4) is 0 Å². The molecule has 3 nitrogen and oxygen atoms in total. The summed E-state index contributed by atoms with van der Waals surface area (Å²) in [6.45, 7) is 3.55. The Morgan fingerprint density at radius 1 is 1.45 bits per heavy atom. The first-order valence-electron chi connectivity index (χ1n) is 7.36. The third-order valence-corrected chi connectivity index (χ3v) is 4.03. The summed E-state index contributed by atoms with van der Waals surface area (Å²) in [6.07, 6.45) is 3.42. The van der Waals surface area contributed by atoms with Crippen molar-refractivity contribution in [2.75, 3.05) is 13.1 Å². The highest BCUT2D eigenvalue weighted by atomic mass is 35.5. The number of nitrogens with two attached hydrogens (primary N) is 1. The molecule has 1 aromatic rings. The zero-order valence-corrected chi connectivity index (χ0v) is 12.8. The second kappa shape index (κ2) is 7.09. The Morgan fingerprint density at radius 2 is 2.25 bits per heavy atom. The molecule has 0 aliphatic carbocycles. The van der Waals surface area contributed by atoms with E-state index in [2.05, 4.69) is 6.07 Å². The van der Waals surface area contributed by atoms with E-state index in [4.69, 9.17) is 17.3 Å². The minimum atomic E-state index is 0.0914. The summed E-state index contributed by atoms with van der Waals surface area (Å²) >= 11 is 6.02. The minimum Gasteiger partial charge on any atom is -0.341 e. The maximum atomic E-state index is 12.0. The molecule has 1 aliphatic heterocycles. The van der Waals surface area contributed by atoms with Crippen molar-refractivity contribution < 1.29 is 4.79 Å². The Kier molecular flexibility index (Phi) is 5.44. The maximum absolute atomic E-state index is 12.0. The zero-order chi connectivity index (χ0) is 14.5. The number of halogens is 1. The molecule has 0 spiro atoms. The fourth-order valence-corrected chi connectivity index (χ4v) is 3.18. The van der Waals surface area contributed by atoms with Crippen LogP contribution in [0.5, 0.6) is 0 Å². The Labute approximate surface area is 126 Å². The molecule has 1 heterocycles. The average molecular weight is 295 g/mol. The van der Waals surface area contributed by atoms with E-state index in [1.807, 2.05) is 30.0 Å². The Bertz CT molecular complexity index is 464. The van der Waals surface area contributed by atoms with Crippen LogP contribution < -0.4 is 5.73 Å². The standard InChI is InChI=1S/C16H23ClN2O/c1-2-4-16(20)19-10-13(9-15(18)11-19)7-12-5-3-6-14(17)8-12/h3,5-6,8,13,15H,2,4,7,9-11,18H2,1H3. The molecule has 1 amide bonds. The van der Waals surface area contributed by atoms with Gasteiger partial charge in [0.05, 0.1) is 0 Å². The van der Waals surface area contributed by atoms with Gasteiger partial charge in [-0.2, -0.15) is 0 Å². The first kappa shape index (κ1) is 15.3. The van der Waals surface area contributed by atoms with Gasteiger partial charge in [0.15, 0.2) is 0 Å². The van der Waals surface area contributed by atoms with E-state index >= 15 is 0 Å². The largest absolute Gasteiger partial charge is 0.341 e. The second-order valence-electron chi connectivity index (χ2n) is 5.74. The molecule has 2 N–H and O–H groups in total. The predicted octanol–water partition coefficient (Wildman–Crippen LogP) is 2.86. The van der Waals surface area contributed by atoms with Crippen molar-refractivity contribution in [3.8, 4) is 0 Å². The van der Waals surface area contributed by atoms with E-state index in [1.54, 1.807) is 0 Å². The van der Waals surface area contributed by atoms with Gasteiger partial charge in [0.2, 0.25) is 5.91 Å². The average Bonchev–Trinajstić information content (AvgIpc) is 2.38. The van der Waals surface area contributed by atoms with Crippen LogP contribution in [-0.4, -0.2) is 29.9 Å². The van der Waals surface area contributed by atoms with E-state index in [1.165, 1.54) is 5.56 Å². The van der Waals surface area contributed by atoms with Gasteiger partial charge in [-0.05, 0) is 42.9 Å². The van der Waals surface area contributed by atoms with Crippen LogP contribution in [0.25, 0.3) is 0 Å². The van der Waals surface area contributed by atoms with Crippen LogP contribution >= 0.6 is 11.6 Å². The molecule has 0 aromatic heterocycles. The van der Waals surface area contributed by atoms with Crippen molar-refractivity contribution in [2.24, 2.45) is 11.7 Å². The smallest absolute Gasteiger partial charge is 0.222 e. The van der Waals surface area contributed by atoms with Crippen molar-refractivity contribution in [3.63, 3.8) is 0 Å². The molecular weight excluding hydrogens is 272 g/mol. The number of amides is 1. The summed E-state index contributed by atoms with van der Waals surface area (Å²) in [5.74, 6) is 0.664. The maximum Gasteiger partial charge on any atom is 0.222 e. The highest BCUT2D eigenvalue weighted by Gasteiger charge is 2.27. The Balaban J connectivity index is 1.99. The molecule has 20 heavy (non-hydrogen) atoms. The molecular formula is C16H23ClN2O. The van der Waals surface area contributed by atoms with E-state index in [-0.39, 0.29) is 11.9 Å². The van der Waals surface area contributed by atoms with Gasteiger partial charge in [0.1, 0.15) is 0 Å². The molecule has 1 aliphatic rings. The molecule has 1 aromatic carbocycles. The first-order chi connectivity index (χ1) is 9.58. The molecule has 1 fully saturated rings. The van der Waals surface area contributed by atoms with E-state index in [9.17, 15) is 4.79 Å². The van der Waals surface area contributed by atoms with Crippen molar-refractivity contribution in [1.82, 2.24) is 4.90 Å². The van der Waals surface area contributed by atoms with Crippen molar-refractivity contribution in [2.45, 2.75) is 38.6 Å². The molecule has 1 saturated heterocycles. The van der Waals surface area contributed by atoms with Crippen LogP contribution in [-0.2, 0) is 11.2 Å². The van der Waals surface area contributed by atoms with E-state index < -0.39 is 0 Å². The van der Waals surface area contributed by atoms with Gasteiger partial charge in [-0.1, -0.05) is 30.7 Å². The summed E-state index contributed by atoms with van der Waals surface area (Å²) in [5, 5.41) is 0.765. The van der Waals surface area contributed by atoms with Crippen LogP contribution in [0, 0.1) is 5.92 Å². The topological polar surface area (TPSA) is 46.3 Å². The van der Waals surface area contributed by atoms with Crippen molar-refractivity contribution in [3.05, 3.63) is 34.9 Å². The lowest BCUT2D eigenvalue weighted by atomic mass is 9.89. The van der Waals surface area contributed by atoms with Gasteiger partial charge in [-0.15, -0.1) is 0 Å². The highest BCUT2D eigenvalue weighted by molar-refractivity contribution is 6.30. The predicted molar refractivity (Wildman–Crippen MR) is 82.7 cm³/mol. The number of carbonyl (C=O) groups is 1. The molecule has 2 unspecified atom stereocenters. The SMILES string of the molecule is CCCC(=O)N1CC(N)CC(Cc2cccc(Cl)c2)C1. The van der Waals surface area contributed by atoms with Gasteiger partial charge in [0, 0.05) is 30.6 Å². The van der Waals surface area contributed by atoms with Crippen LogP contribution in [0.1, 0.15) is 31.7 Å². The molecule has 4 heteroatoms. The fraction of sp³-hybridized carbons (Fsp3) is 0.562. The summed E-state index contributed by atoms with van der Waals surface area (Å²) in [5.41, 5.74) is 7.33. The third kappa shape index (κ3) is 4.22. The molecule has 0 bridgehead atoms. The van der Waals surface area contributed by atoms with E-state index in [0.717, 1.165) is 30.8 Å². The normalized spacial score (nSPS) is 22.9. The third-order valence-electron chi connectivity index (χ3n) is 3.80. The molecule has 2 rings (SSSR count). The van der Waals surface area contributed by atoms with Gasteiger partial charge < -0.3 is 10.6 Å². The Morgan fingerprint density at radius 3 is 2.95 bits per heavy atom. The summed E-state index contributed by atoms with van der Waals surface area (Å²) in [4.78, 5) is 14.0. The van der Waals surface area contributed by atoms with E-state index in [0.29, 0.717) is 18.9 Å². The first-order valence-corrected chi connectivity index (χ1v) is 7.74. The lowest BCUT2D eigenvalue weighted by Gasteiger charge is -2.36.